The van der Waals surface area contributed by atoms with Crippen LogP contribution < -0.4 is 0 Å². The number of rotatable bonds is 49. The van der Waals surface area contributed by atoms with E-state index in [9.17, 15) is 14.4 Å². The summed E-state index contributed by atoms with van der Waals surface area (Å²) in [4.78, 5) is 38.1. The Morgan fingerprint density at radius 1 is 0.313 bits per heavy atom. The fourth-order valence-electron chi connectivity index (χ4n) is 7.37. The van der Waals surface area contributed by atoms with Gasteiger partial charge in [-0.05, 0) is 122 Å². The summed E-state index contributed by atoms with van der Waals surface area (Å²) in [5, 5.41) is 0. The summed E-state index contributed by atoms with van der Waals surface area (Å²) >= 11 is 0. The van der Waals surface area contributed by atoms with Crippen molar-refractivity contribution in [2.24, 2.45) is 0 Å². The molecule has 6 nitrogen and oxygen atoms in total. The van der Waals surface area contributed by atoms with Gasteiger partial charge < -0.3 is 14.2 Å². The Kier molecular flexibility index (Phi) is 51.9. The van der Waals surface area contributed by atoms with Crippen molar-refractivity contribution in [2.45, 2.75) is 258 Å². The molecule has 0 aromatic rings. The number of ether oxygens (including phenoxy) is 3. The summed E-state index contributed by atoms with van der Waals surface area (Å²) in [6, 6.07) is 0. The van der Waals surface area contributed by atoms with Crippen molar-refractivity contribution >= 4 is 17.9 Å². The van der Waals surface area contributed by atoms with E-state index in [2.05, 4.69) is 118 Å². The molecule has 0 aromatic heterocycles. The molecule has 0 rings (SSSR count). The smallest absolute Gasteiger partial charge is 0.306 e. The molecule has 0 radical (unpaired) electrons. The van der Waals surface area contributed by atoms with Gasteiger partial charge in [0.1, 0.15) is 13.2 Å². The van der Waals surface area contributed by atoms with Gasteiger partial charge in [0.25, 0.3) is 0 Å². The third kappa shape index (κ3) is 53.2. The molecule has 0 N–H and O–H groups in total. The van der Waals surface area contributed by atoms with Crippen LogP contribution in [-0.4, -0.2) is 37.2 Å². The SMILES string of the molecule is CC/C=C\C/C=C\C/C=C\C/C=C\C/C=C\CCCCCCCC(=O)OCC(COC(=O)CCCCCCC/C=C\CCCCCC)OC(=O)CCCCCCC/C=C\C/C=C\CCCCC. The first-order valence-electron chi connectivity index (χ1n) is 27.7. The van der Waals surface area contributed by atoms with Crippen molar-refractivity contribution in [3.05, 3.63) is 97.2 Å². The van der Waals surface area contributed by atoms with E-state index in [1.807, 2.05) is 0 Å². The van der Waals surface area contributed by atoms with Crippen LogP contribution in [0.2, 0.25) is 0 Å². The van der Waals surface area contributed by atoms with Crippen LogP contribution in [0.1, 0.15) is 252 Å². The monoisotopic (exact) mass is 931 g/mol. The van der Waals surface area contributed by atoms with Crippen molar-refractivity contribution < 1.29 is 28.6 Å². The lowest BCUT2D eigenvalue weighted by Gasteiger charge is -2.18. The van der Waals surface area contributed by atoms with Crippen LogP contribution in [0.15, 0.2) is 97.2 Å². The van der Waals surface area contributed by atoms with Crippen molar-refractivity contribution in [3.63, 3.8) is 0 Å². The maximum absolute atomic E-state index is 12.8. The van der Waals surface area contributed by atoms with Gasteiger partial charge in [-0.15, -0.1) is 0 Å². The molecule has 6 heteroatoms. The first kappa shape index (κ1) is 63.3. The summed E-state index contributed by atoms with van der Waals surface area (Å²) in [5.41, 5.74) is 0. The second-order valence-corrected chi connectivity index (χ2v) is 18.1. The molecule has 1 unspecified atom stereocenters. The Bertz CT molecular complexity index is 1350. The molecule has 382 valence electrons. The van der Waals surface area contributed by atoms with Crippen LogP contribution in [0.3, 0.4) is 0 Å². The fraction of sp³-hybridized carbons (Fsp3) is 0.689. The Balaban J connectivity index is 4.44. The van der Waals surface area contributed by atoms with Gasteiger partial charge in [0, 0.05) is 19.3 Å². The predicted molar refractivity (Wildman–Crippen MR) is 288 cm³/mol. The average molecular weight is 931 g/mol. The van der Waals surface area contributed by atoms with E-state index in [1.165, 1.54) is 70.6 Å². The molecular formula is C61H102O6. The number of esters is 3. The van der Waals surface area contributed by atoms with Crippen molar-refractivity contribution in [3.8, 4) is 0 Å². The molecule has 0 spiro atoms. The highest BCUT2D eigenvalue weighted by atomic mass is 16.6. The lowest BCUT2D eigenvalue weighted by atomic mass is 10.1. The summed E-state index contributed by atoms with van der Waals surface area (Å²) in [5.74, 6) is -0.936. The third-order valence-electron chi connectivity index (χ3n) is 11.5. The Hall–Kier alpha value is -3.67. The summed E-state index contributed by atoms with van der Waals surface area (Å²) in [6.45, 7) is 6.45. The number of allylic oxidation sites excluding steroid dienone is 16. The minimum absolute atomic E-state index is 0.0946. The Morgan fingerprint density at radius 2 is 0.582 bits per heavy atom. The highest BCUT2D eigenvalue weighted by Crippen LogP contribution is 2.13. The number of hydrogen-bond donors (Lipinski definition) is 0. The van der Waals surface area contributed by atoms with E-state index in [-0.39, 0.29) is 31.1 Å². The molecule has 0 aliphatic heterocycles. The molecule has 0 saturated carbocycles. The highest BCUT2D eigenvalue weighted by molar-refractivity contribution is 5.71. The van der Waals surface area contributed by atoms with Gasteiger partial charge in [0.2, 0.25) is 0 Å². The van der Waals surface area contributed by atoms with Gasteiger partial charge in [0.15, 0.2) is 6.10 Å². The first-order valence-corrected chi connectivity index (χ1v) is 27.7. The van der Waals surface area contributed by atoms with Crippen LogP contribution in [-0.2, 0) is 28.6 Å². The van der Waals surface area contributed by atoms with E-state index >= 15 is 0 Å². The second kappa shape index (κ2) is 54.9. The normalized spacial score (nSPS) is 12.8. The van der Waals surface area contributed by atoms with Crippen LogP contribution in [0.25, 0.3) is 0 Å². The van der Waals surface area contributed by atoms with E-state index in [4.69, 9.17) is 14.2 Å². The third-order valence-corrected chi connectivity index (χ3v) is 11.5. The minimum atomic E-state index is -0.797. The molecule has 0 bridgehead atoms. The second-order valence-electron chi connectivity index (χ2n) is 18.1. The van der Waals surface area contributed by atoms with Crippen LogP contribution in [0.5, 0.6) is 0 Å². The van der Waals surface area contributed by atoms with Gasteiger partial charge in [-0.25, -0.2) is 0 Å². The van der Waals surface area contributed by atoms with Crippen LogP contribution in [0, 0.1) is 0 Å². The van der Waals surface area contributed by atoms with Gasteiger partial charge in [-0.3, -0.25) is 14.4 Å². The van der Waals surface area contributed by atoms with E-state index in [0.717, 1.165) is 141 Å². The molecule has 0 heterocycles. The predicted octanol–water partition coefficient (Wildman–Crippen LogP) is 18.5. The van der Waals surface area contributed by atoms with Gasteiger partial charge >= 0.3 is 17.9 Å². The maximum Gasteiger partial charge on any atom is 0.306 e. The minimum Gasteiger partial charge on any atom is -0.462 e. The quantitative estimate of drug-likeness (QED) is 0.0262. The number of carbonyl (C=O) groups excluding carboxylic acids is 3. The number of carbonyl (C=O) groups is 3. The number of unbranched alkanes of at least 4 members (excludes halogenated alkanes) is 22. The first-order chi connectivity index (χ1) is 33.0. The van der Waals surface area contributed by atoms with Crippen molar-refractivity contribution in [1.29, 1.82) is 0 Å². The fourth-order valence-corrected chi connectivity index (χ4v) is 7.37. The summed E-state index contributed by atoms with van der Waals surface area (Å²) < 4.78 is 16.8. The molecule has 67 heavy (non-hydrogen) atoms. The largest absolute Gasteiger partial charge is 0.462 e. The molecule has 0 aliphatic carbocycles. The highest BCUT2D eigenvalue weighted by Gasteiger charge is 2.19. The molecule has 1 atom stereocenters. The van der Waals surface area contributed by atoms with Gasteiger partial charge in [0.05, 0.1) is 0 Å². The van der Waals surface area contributed by atoms with Crippen LogP contribution >= 0.6 is 0 Å². The zero-order chi connectivity index (χ0) is 48.6. The Morgan fingerprint density at radius 3 is 0.955 bits per heavy atom. The Labute approximate surface area is 413 Å². The van der Waals surface area contributed by atoms with Crippen molar-refractivity contribution in [1.82, 2.24) is 0 Å². The molecule has 0 saturated heterocycles. The van der Waals surface area contributed by atoms with E-state index < -0.39 is 6.10 Å². The lowest BCUT2D eigenvalue weighted by molar-refractivity contribution is -0.167. The molecular weight excluding hydrogens is 829 g/mol. The molecule has 0 aliphatic rings. The van der Waals surface area contributed by atoms with Gasteiger partial charge in [-0.2, -0.15) is 0 Å². The summed E-state index contributed by atoms with van der Waals surface area (Å²) in [7, 11) is 0. The average Bonchev–Trinajstić information content (AvgIpc) is 3.33. The van der Waals surface area contributed by atoms with E-state index in [1.54, 1.807) is 0 Å². The lowest BCUT2D eigenvalue weighted by Crippen LogP contribution is -2.30. The maximum atomic E-state index is 12.8. The van der Waals surface area contributed by atoms with Crippen LogP contribution in [0.4, 0.5) is 0 Å². The zero-order valence-corrected chi connectivity index (χ0v) is 43.6. The van der Waals surface area contributed by atoms with Gasteiger partial charge in [-0.1, -0.05) is 208 Å². The number of hydrogen-bond acceptors (Lipinski definition) is 6. The molecule has 0 amide bonds. The van der Waals surface area contributed by atoms with E-state index in [0.29, 0.717) is 19.3 Å². The zero-order valence-electron chi connectivity index (χ0n) is 43.6. The standard InChI is InChI=1S/C61H102O6/c1-4-7-10-13-16-19-22-25-27-28-29-30-31-32-34-36-39-42-45-48-51-54-60(63)66-57-58(56-65-59(62)53-50-47-44-41-38-35-24-21-18-15-12-9-6-3)67-61(64)55-52-49-46-43-40-37-33-26-23-20-17-14-11-8-5-2/h7,10,16-17,19-21,24-27,29-30,32-34,58H,4-6,8-9,11-15,18,22-23,28,31,35-57H2,1-3H3/b10-7-,19-16-,20-17-,24-21-,27-25-,30-29-,33-26-,34-32-. The summed E-state index contributed by atoms with van der Waals surface area (Å²) in [6.07, 6.45) is 72.4. The van der Waals surface area contributed by atoms with Crippen molar-refractivity contribution in [2.75, 3.05) is 13.2 Å². The molecule has 0 fully saturated rings. The molecule has 0 aromatic carbocycles. The topological polar surface area (TPSA) is 78.9 Å².